The van der Waals surface area contributed by atoms with Crippen LogP contribution >= 0.6 is 34.2 Å². The Kier molecular flexibility index (Phi) is 3.34. The second-order valence-electron chi connectivity index (χ2n) is 2.12. The topological polar surface area (TPSA) is 26.3 Å². The highest BCUT2D eigenvalue weighted by Crippen LogP contribution is 2.22. The summed E-state index contributed by atoms with van der Waals surface area (Å²) < 4.78 is 5.91. The van der Waals surface area contributed by atoms with E-state index in [4.69, 9.17) is 16.3 Å². The first-order valence-corrected chi connectivity index (χ1v) is 4.64. The lowest BCUT2D eigenvalue weighted by Crippen LogP contribution is -1.95. The zero-order valence-corrected chi connectivity index (χ0v) is 9.22. The maximum Gasteiger partial charge on any atom is 0.256 e. The van der Waals surface area contributed by atoms with E-state index in [-0.39, 0.29) is 0 Å². The number of carbonyl (C=O) groups excluding carboxylic acids is 1. The predicted octanol–water partition coefficient (Wildman–Crippen LogP) is 2.68. The van der Waals surface area contributed by atoms with Gasteiger partial charge in [-0.2, -0.15) is 0 Å². The summed E-state index contributed by atoms with van der Waals surface area (Å²) in [7, 11) is 1.51. The normalized spacial score (nSPS) is 9.58. The highest BCUT2D eigenvalue weighted by atomic mass is 127. The number of hydrogen-bond acceptors (Lipinski definition) is 2. The van der Waals surface area contributed by atoms with Gasteiger partial charge in [-0.25, -0.2) is 0 Å². The van der Waals surface area contributed by atoms with Crippen molar-refractivity contribution in [1.29, 1.82) is 0 Å². The monoisotopic (exact) mass is 296 g/mol. The van der Waals surface area contributed by atoms with Gasteiger partial charge in [-0.05, 0) is 52.4 Å². The Bertz CT molecular complexity index is 312. The van der Waals surface area contributed by atoms with Crippen LogP contribution in [0.15, 0.2) is 18.2 Å². The highest BCUT2D eigenvalue weighted by Gasteiger charge is 2.09. The molecular formula is C8H6ClIO2. The molecule has 0 amide bonds. The Morgan fingerprint density at radius 1 is 1.58 bits per heavy atom. The fraction of sp³-hybridized carbons (Fsp3) is 0.125. The summed E-state index contributed by atoms with van der Waals surface area (Å²) in [6.45, 7) is 0. The van der Waals surface area contributed by atoms with E-state index in [1.165, 1.54) is 7.11 Å². The van der Waals surface area contributed by atoms with Crippen LogP contribution in [0.3, 0.4) is 0 Å². The maximum atomic E-state index is 10.9. The molecular weight excluding hydrogens is 290 g/mol. The van der Waals surface area contributed by atoms with Crippen molar-refractivity contribution in [2.24, 2.45) is 0 Å². The predicted molar refractivity (Wildman–Crippen MR) is 55.9 cm³/mol. The van der Waals surface area contributed by atoms with Gasteiger partial charge in [0.05, 0.1) is 12.7 Å². The van der Waals surface area contributed by atoms with E-state index in [0.29, 0.717) is 11.3 Å². The fourth-order valence-electron chi connectivity index (χ4n) is 0.834. The molecule has 0 bridgehead atoms. The van der Waals surface area contributed by atoms with Crippen molar-refractivity contribution in [1.82, 2.24) is 0 Å². The van der Waals surface area contributed by atoms with Crippen molar-refractivity contribution in [3.8, 4) is 5.75 Å². The molecule has 0 heterocycles. The van der Waals surface area contributed by atoms with Crippen LogP contribution in [0.2, 0.25) is 0 Å². The lowest BCUT2D eigenvalue weighted by Gasteiger charge is -2.03. The summed E-state index contributed by atoms with van der Waals surface area (Å²) >= 11 is 7.44. The van der Waals surface area contributed by atoms with Crippen LogP contribution < -0.4 is 4.74 Å². The van der Waals surface area contributed by atoms with Crippen LogP contribution in [0.4, 0.5) is 0 Å². The molecule has 0 aliphatic carbocycles. The second-order valence-corrected chi connectivity index (χ2v) is 3.71. The largest absolute Gasteiger partial charge is 0.496 e. The summed E-state index contributed by atoms with van der Waals surface area (Å²) in [5.74, 6) is 0.510. The van der Waals surface area contributed by atoms with Gasteiger partial charge < -0.3 is 4.74 Å². The van der Waals surface area contributed by atoms with E-state index in [2.05, 4.69) is 22.6 Å². The smallest absolute Gasteiger partial charge is 0.256 e. The summed E-state index contributed by atoms with van der Waals surface area (Å²) in [4.78, 5) is 10.9. The standard InChI is InChI=1S/C8H6ClIO2/c1-12-7-3-2-5(10)4-6(7)8(9)11/h2-4H,1H3. The Morgan fingerprint density at radius 2 is 2.25 bits per heavy atom. The molecule has 12 heavy (non-hydrogen) atoms. The van der Waals surface area contributed by atoms with Gasteiger partial charge in [0.2, 0.25) is 0 Å². The molecule has 0 N–H and O–H groups in total. The van der Waals surface area contributed by atoms with Crippen LogP contribution in [0.25, 0.3) is 0 Å². The number of benzene rings is 1. The second kappa shape index (κ2) is 4.09. The summed E-state index contributed by atoms with van der Waals surface area (Å²) in [6.07, 6.45) is 0. The van der Waals surface area contributed by atoms with E-state index < -0.39 is 5.24 Å². The first kappa shape index (κ1) is 9.80. The van der Waals surface area contributed by atoms with E-state index in [1.807, 2.05) is 6.07 Å². The summed E-state index contributed by atoms with van der Waals surface area (Å²) in [6, 6.07) is 5.26. The van der Waals surface area contributed by atoms with Gasteiger partial charge in [-0.3, -0.25) is 4.79 Å². The third-order valence-electron chi connectivity index (χ3n) is 1.37. The molecule has 0 aromatic heterocycles. The van der Waals surface area contributed by atoms with E-state index in [1.54, 1.807) is 12.1 Å². The molecule has 0 unspecified atom stereocenters. The number of hydrogen-bond donors (Lipinski definition) is 0. The van der Waals surface area contributed by atoms with Gasteiger partial charge in [0.1, 0.15) is 5.75 Å². The van der Waals surface area contributed by atoms with E-state index in [0.717, 1.165) is 3.57 Å². The quantitative estimate of drug-likeness (QED) is 0.619. The molecule has 0 saturated carbocycles. The SMILES string of the molecule is COc1ccc(I)cc1C(=O)Cl. The molecule has 2 nitrogen and oxygen atoms in total. The van der Waals surface area contributed by atoms with E-state index >= 15 is 0 Å². The number of halogens is 2. The minimum absolute atomic E-state index is 0.408. The molecule has 0 radical (unpaired) electrons. The van der Waals surface area contributed by atoms with Crippen molar-refractivity contribution in [2.45, 2.75) is 0 Å². The van der Waals surface area contributed by atoms with Crippen LogP contribution in [0, 0.1) is 3.57 Å². The van der Waals surface area contributed by atoms with Crippen molar-refractivity contribution in [3.63, 3.8) is 0 Å². The van der Waals surface area contributed by atoms with Crippen molar-refractivity contribution < 1.29 is 9.53 Å². The molecule has 0 fully saturated rings. The van der Waals surface area contributed by atoms with Crippen LogP contribution in [-0.4, -0.2) is 12.4 Å². The molecule has 1 rings (SSSR count). The van der Waals surface area contributed by atoms with Gasteiger partial charge in [0, 0.05) is 3.57 Å². The lowest BCUT2D eigenvalue weighted by molar-refractivity contribution is 0.107. The number of ether oxygens (including phenoxy) is 1. The van der Waals surface area contributed by atoms with Crippen LogP contribution in [0.5, 0.6) is 5.75 Å². The third-order valence-corrected chi connectivity index (χ3v) is 2.25. The maximum absolute atomic E-state index is 10.9. The highest BCUT2D eigenvalue weighted by molar-refractivity contribution is 14.1. The van der Waals surface area contributed by atoms with Crippen LogP contribution in [-0.2, 0) is 0 Å². The lowest BCUT2D eigenvalue weighted by atomic mass is 10.2. The van der Waals surface area contributed by atoms with Gasteiger partial charge in [0.15, 0.2) is 0 Å². The molecule has 0 saturated heterocycles. The molecule has 1 aromatic rings. The minimum Gasteiger partial charge on any atom is -0.496 e. The van der Waals surface area contributed by atoms with Crippen LogP contribution in [0.1, 0.15) is 10.4 Å². The molecule has 0 spiro atoms. The van der Waals surface area contributed by atoms with Crippen molar-refractivity contribution in [3.05, 3.63) is 27.3 Å². The van der Waals surface area contributed by atoms with E-state index in [9.17, 15) is 4.79 Å². The molecule has 4 heteroatoms. The Balaban J connectivity index is 3.21. The zero-order chi connectivity index (χ0) is 9.14. The van der Waals surface area contributed by atoms with Gasteiger partial charge in [-0.15, -0.1) is 0 Å². The zero-order valence-electron chi connectivity index (χ0n) is 6.30. The van der Waals surface area contributed by atoms with Crippen molar-refractivity contribution in [2.75, 3.05) is 7.11 Å². The minimum atomic E-state index is -0.495. The Hall–Kier alpha value is -0.290. The van der Waals surface area contributed by atoms with Gasteiger partial charge >= 0.3 is 0 Å². The fourth-order valence-corrected chi connectivity index (χ4v) is 1.47. The average molecular weight is 296 g/mol. The first-order chi connectivity index (χ1) is 5.65. The number of rotatable bonds is 2. The van der Waals surface area contributed by atoms with Crippen molar-refractivity contribution >= 4 is 39.4 Å². The van der Waals surface area contributed by atoms with Gasteiger partial charge in [0.25, 0.3) is 5.24 Å². The third kappa shape index (κ3) is 2.10. The molecule has 0 aliphatic rings. The Labute approximate surface area is 89.0 Å². The molecule has 64 valence electrons. The van der Waals surface area contributed by atoms with Gasteiger partial charge in [-0.1, -0.05) is 0 Å². The first-order valence-electron chi connectivity index (χ1n) is 3.18. The Morgan fingerprint density at radius 3 is 2.75 bits per heavy atom. The molecule has 1 aromatic carbocycles. The molecule has 0 aliphatic heterocycles. The average Bonchev–Trinajstić information content (AvgIpc) is 2.04. The molecule has 0 atom stereocenters. The summed E-state index contributed by atoms with van der Waals surface area (Å²) in [5, 5.41) is -0.495. The number of methoxy groups -OCH3 is 1. The summed E-state index contributed by atoms with van der Waals surface area (Å²) in [5.41, 5.74) is 0.408. The number of carbonyl (C=O) groups is 1.